The number of nitrogens with zero attached hydrogens (tertiary/aromatic N) is 1. The van der Waals surface area contributed by atoms with Gasteiger partial charge in [0.15, 0.2) is 9.84 Å². The largest absolute Gasteiger partial charge is 0.385 e. The van der Waals surface area contributed by atoms with Gasteiger partial charge in [0.1, 0.15) is 6.10 Å². The van der Waals surface area contributed by atoms with Crippen LogP contribution in [0, 0.1) is 10.1 Å². The predicted octanol–water partition coefficient (Wildman–Crippen LogP) is 2.12. The molecular formula is C9H9Br2NO5S. The molecule has 0 spiro atoms. The molecule has 18 heavy (non-hydrogen) atoms. The number of hydrogen-bond acceptors (Lipinski definition) is 5. The van der Waals surface area contributed by atoms with Crippen LogP contribution in [0.2, 0.25) is 0 Å². The molecule has 0 bridgehead atoms. The van der Waals surface area contributed by atoms with E-state index in [4.69, 9.17) is 0 Å². The normalized spacial score (nSPS) is 14.2. The third-order valence-corrected chi connectivity index (χ3v) is 7.82. The number of rotatable bonds is 4. The molecule has 0 saturated carbocycles. The average molecular weight is 403 g/mol. The smallest absolute Gasteiger partial charge is 0.269 e. The molecule has 100 valence electrons. The van der Waals surface area contributed by atoms with Crippen molar-refractivity contribution in [2.24, 2.45) is 0 Å². The van der Waals surface area contributed by atoms with E-state index in [1.165, 1.54) is 18.2 Å². The maximum absolute atomic E-state index is 11.5. The van der Waals surface area contributed by atoms with E-state index < -0.39 is 23.4 Å². The molecule has 0 heterocycles. The molecule has 0 aliphatic carbocycles. The van der Waals surface area contributed by atoms with Crippen LogP contribution in [0.3, 0.4) is 0 Å². The molecule has 0 aliphatic heterocycles. The van der Waals surface area contributed by atoms with Crippen molar-refractivity contribution in [2.75, 3.05) is 6.26 Å². The first-order valence-corrected chi connectivity index (χ1v) is 8.05. The summed E-state index contributed by atoms with van der Waals surface area (Å²) >= 11 is 5.75. The van der Waals surface area contributed by atoms with Crippen molar-refractivity contribution in [3.63, 3.8) is 0 Å². The highest BCUT2D eigenvalue weighted by molar-refractivity contribution is 9.27. The molecular weight excluding hydrogens is 394 g/mol. The topological polar surface area (TPSA) is 97.5 Å². The van der Waals surface area contributed by atoms with E-state index >= 15 is 0 Å². The molecule has 1 atom stereocenters. The molecule has 0 aromatic heterocycles. The maximum Gasteiger partial charge on any atom is 0.269 e. The summed E-state index contributed by atoms with van der Waals surface area (Å²) in [6.07, 6.45) is -0.565. The molecule has 0 aliphatic rings. The number of hydrogen-bond donors (Lipinski definition) is 1. The Labute approximate surface area is 120 Å². The van der Waals surface area contributed by atoms with Gasteiger partial charge in [0.2, 0.25) is 2.57 Å². The molecule has 0 saturated heterocycles. The highest BCUT2D eigenvalue weighted by Crippen LogP contribution is 2.44. The molecule has 9 heteroatoms. The number of aliphatic hydroxyl groups excluding tert-OH is 1. The Morgan fingerprint density at radius 3 is 2.44 bits per heavy atom. The highest BCUT2D eigenvalue weighted by Gasteiger charge is 2.43. The van der Waals surface area contributed by atoms with Crippen LogP contribution in [0.1, 0.15) is 11.7 Å². The van der Waals surface area contributed by atoms with Gasteiger partial charge >= 0.3 is 0 Å². The fraction of sp³-hybridized carbons (Fsp3) is 0.333. The number of halogens is 2. The molecule has 6 nitrogen and oxygen atoms in total. The lowest BCUT2D eigenvalue weighted by Crippen LogP contribution is -2.31. The number of sulfone groups is 1. The Balaban J connectivity index is 3.23. The number of alkyl halides is 2. The van der Waals surface area contributed by atoms with E-state index in [0.717, 1.165) is 12.3 Å². The Kier molecular flexibility index (Phi) is 4.52. The summed E-state index contributed by atoms with van der Waals surface area (Å²) in [7, 11) is -3.67. The number of aliphatic hydroxyl groups is 1. The number of benzene rings is 1. The first-order chi connectivity index (χ1) is 8.07. The summed E-state index contributed by atoms with van der Waals surface area (Å²) in [6.45, 7) is 0. The van der Waals surface area contributed by atoms with E-state index in [1.807, 2.05) is 0 Å². The van der Waals surface area contributed by atoms with Gasteiger partial charge in [-0.1, -0.05) is 44.0 Å². The van der Waals surface area contributed by atoms with E-state index in [-0.39, 0.29) is 11.3 Å². The van der Waals surface area contributed by atoms with Gasteiger partial charge in [0.05, 0.1) is 4.92 Å². The zero-order valence-corrected chi connectivity index (χ0v) is 13.1. The lowest BCUT2D eigenvalue weighted by Gasteiger charge is -2.24. The quantitative estimate of drug-likeness (QED) is 0.472. The second-order valence-electron chi connectivity index (χ2n) is 3.59. The highest BCUT2D eigenvalue weighted by atomic mass is 79.9. The van der Waals surface area contributed by atoms with Gasteiger partial charge in [0.25, 0.3) is 5.69 Å². The van der Waals surface area contributed by atoms with Crippen LogP contribution in [0.25, 0.3) is 0 Å². The third kappa shape index (κ3) is 3.08. The van der Waals surface area contributed by atoms with Gasteiger partial charge in [-0.3, -0.25) is 10.1 Å². The minimum Gasteiger partial charge on any atom is -0.385 e. The van der Waals surface area contributed by atoms with Crippen molar-refractivity contribution in [3.8, 4) is 0 Å². The second kappa shape index (κ2) is 5.24. The van der Waals surface area contributed by atoms with Gasteiger partial charge in [-0.15, -0.1) is 0 Å². The van der Waals surface area contributed by atoms with Crippen LogP contribution in [-0.4, -0.2) is 27.3 Å². The van der Waals surface area contributed by atoms with Crippen LogP contribution in [0.4, 0.5) is 5.69 Å². The molecule has 1 N–H and O–H groups in total. The van der Waals surface area contributed by atoms with Gasteiger partial charge in [-0.2, -0.15) is 0 Å². The molecule has 1 aromatic rings. The Morgan fingerprint density at radius 1 is 1.44 bits per heavy atom. The summed E-state index contributed by atoms with van der Waals surface area (Å²) in [6, 6.07) is 5.14. The summed E-state index contributed by atoms with van der Waals surface area (Å²) in [5, 5.41) is 20.6. The number of non-ortho nitro benzene ring substituents is 1. The van der Waals surface area contributed by atoms with Crippen molar-refractivity contribution in [1.82, 2.24) is 0 Å². The van der Waals surface area contributed by atoms with Crippen molar-refractivity contribution in [2.45, 2.75) is 8.67 Å². The van der Waals surface area contributed by atoms with Gasteiger partial charge in [-0.25, -0.2) is 8.42 Å². The molecule has 1 aromatic carbocycles. The predicted molar refractivity (Wildman–Crippen MR) is 73.5 cm³/mol. The first-order valence-electron chi connectivity index (χ1n) is 4.57. The zero-order chi connectivity index (χ0) is 14.1. The van der Waals surface area contributed by atoms with Crippen molar-refractivity contribution >= 4 is 47.4 Å². The van der Waals surface area contributed by atoms with Crippen LogP contribution in [0.15, 0.2) is 24.3 Å². The summed E-state index contributed by atoms with van der Waals surface area (Å²) < 4.78 is 21.2. The lowest BCUT2D eigenvalue weighted by atomic mass is 10.1. The van der Waals surface area contributed by atoms with E-state index in [2.05, 4.69) is 31.9 Å². The minimum atomic E-state index is -3.67. The molecule has 1 rings (SSSR count). The fourth-order valence-corrected chi connectivity index (χ4v) is 2.28. The third-order valence-electron chi connectivity index (χ3n) is 2.21. The van der Waals surface area contributed by atoms with Gasteiger partial charge in [0, 0.05) is 18.4 Å². The fourth-order valence-electron chi connectivity index (χ4n) is 1.21. The lowest BCUT2D eigenvalue weighted by molar-refractivity contribution is -0.385. The zero-order valence-electron chi connectivity index (χ0n) is 9.08. The number of nitro groups is 1. The molecule has 0 unspecified atom stereocenters. The molecule has 0 radical (unpaired) electrons. The first kappa shape index (κ1) is 15.5. The monoisotopic (exact) mass is 401 g/mol. The average Bonchev–Trinajstić information content (AvgIpc) is 2.26. The van der Waals surface area contributed by atoms with Crippen LogP contribution in [-0.2, 0) is 9.84 Å². The minimum absolute atomic E-state index is 0.114. The van der Waals surface area contributed by atoms with Crippen molar-refractivity contribution in [3.05, 3.63) is 39.9 Å². The van der Waals surface area contributed by atoms with E-state index in [0.29, 0.717) is 0 Å². The Morgan fingerprint density at radius 2 is 2.00 bits per heavy atom. The maximum atomic E-state index is 11.5. The second-order valence-corrected chi connectivity index (χ2v) is 10.4. The summed E-state index contributed by atoms with van der Waals surface area (Å²) in [5.74, 6) is 0. The van der Waals surface area contributed by atoms with Gasteiger partial charge < -0.3 is 5.11 Å². The van der Waals surface area contributed by atoms with Crippen molar-refractivity contribution < 1.29 is 18.4 Å². The van der Waals surface area contributed by atoms with Crippen LogP contribution in [0.5, 0.6) is 0 Å². The van der Waals surface area contributed by atoms with Crippen LogP contribution >= 0.6 is 31.9 Å². The van der Waals surface area contributed by atoms with E-state index in [9.17, 15) is 23.6 Å². The van der Waals surface area contributed by atoms with Crippen molar-refractivity contribution in [1.29, 1.82) is 0 Å². The molecule has 0 fully saturated rings. The SMILES string of the molecule is CS(=O)(=O)C(Br)(Br)[C@H](O)c1cccc([N+](=O)[O-])c1. The van der Waals surface area contributed by atoms with Crippen LogP contribution < -0.4 is 0 Å². The van der Waals surface area contributed by atoms with Gasteiger partial charge in [-0.05, 0) is 5.56 Å². The standard InChI is InChI=1S/C9H9Br2NO5S/c1-18(16,17)9(10,11)8(13)6-3-2-4-7(5-6)12(14)15/h2-5,8,13H,1H3/t8-/m1/s1. The summed E-state index contributed by atoms with van der Waals surface area (Å²) in [5.41, 5.74) is -0.112. The number of nitro benzene ring substituents is 1. The Hall–Kier alpha value is -0.510. The Bertz CT molecular complexity index is 572. The summed E-state index contributed by atoms with van der Waals surface area (Å²) in [4.78, 5) is 9.98. The van der Waals surface area contributed by atoms with E-state index in [1.54, 1.807) is 0 Å². The molecule has 0 amide bonds.